The first-order valence-electron chi connectivity index (χ1n) is 8.76. The number of nitrogens with zero attached hydrogens (tertiary/aromatic N) is 1. The van der Waals surface area contributed by atoms with E-state index in [4.69, 9.17) is 5.73 Å². The molecule has 1 heterocycles. The molecule has 0 atom stereocenters. The second kappa shape index (κ2) is 8.94. The third kappa shape index (κ3) is 5.45. The van der Waals surface area contributed by atoms with Crippen LogP contribution in [-0.4, -0.2) is 30.4 Å². The van der Waals surface area contributed by atoms with Crippen LogP contribution in [-0.2, 0) is 17.6 Å². The van der Waals surface area contributed by atoms with Gasteiger partial charge in [-0.2, -0.15) is 0 Å². The van der Waals surface area contributed by atoms with E-state index < -0.39 is 0 Å². The highest BCUT2D eigenvalue weighted by Crippen LogP contribution is 2.28. The van der Waals surface area contributed by atoms with Crippen LogP contribution in [0.2, 0.25) is 0 Å². The van der Waals surface area contributed by atoms with Gasteiger partial charge in [-0.05, 0) is 68.8 Å². The van der Waals surface area contributed by atoms with Crippen molar-refractivity contribution in [2.75, 3.05) is 19.6 Å². The normalized spacial score (nSPS) is 17.9. The highest BCUT2D eigenvalue weighted by Gasteiger charge is 2.21. The number of amides is 1. The zero-order valence-electron chi connectivity index (χ0n) is 13.9. The van der Waals surface area contributed by atoms with Crippen molar-refractivity contribution < 1.29 is 4.79 Å². The second-order valence-corrected chi connectivity index (χ2v) is 6.62. The van der Waals surface area contributed by atoms with Gasteiger partial charge in [-0.3, -0.25) is 4.79 Å². The number of carbonyl (C=O) groups is 1. The van der Waals surface area contributed by atoms with E-state index in [0.29, 0.717) is 12.3 Å². The third-order valence-corrected chi connectivity index (χ3v) is 4.65. The average Bonchev–Trinajstić information content (AvgIpc) is 3.13. The molecular formula is C19H30N2O. The zero-order valence-corrected chi connectivity index (χ0v) is 13.9. The van der Waals surface area contributed by atoms with Crippen LogP contribution in [0.25, 0.3) is 0 Å². The van der Waals surface area contributed by atoms with Crippen LogP contribution in [0.3, 0.4) is 0 Å². The summed E-state index contributed by atoms with van der Waals surface area (Å²) in [5.41, 5.74) is 7.93. The number of likely N-dealkylation sites (tertiary alicyclic amines) is 1. The summed E-state index contributed by atoms with van der Waals surface area (Å²) in [6.45, 7) is 6.33. The van der Waals surface area contributed by atoms with E-state index in [1.165, 1.54) is 56.4 Å². The molecule has 0 radical (unpaired) electrons. The fourth-order valence-electron chi connectivity index (χ4n) is 3.47. The lowest BCUT2D eigenvalue weighted by Gasteiger charge is -2.12. The second-order valence-electron chi connectivity index (χ2n) is 6.62. The van der Waals surface area contributed by atoms with Crippen molar-refractivity contribution in [3.05, 3.63) is 35.4 Å². The van der Waals surface area contributed by atoms with Gasteiger partial charge in [-0.1, -0.05) is 37.6 Å². The van der Waals surface area contributed by atoms with Crippen molar-refractivity contribution in [2.45, 2.75) is 51.9 Å². The van der Waals surface area contributed by atoms with Gasteiger partial charge in [0.1, 0.15) is 0 Å². The number of primary amides is 1. The fourth-order valence-corrected chi connectivity index (χ4v) is 3.47. The maximum Gasteiger partial charge on any atom is 0.217 e. The number of fused-ring (bicyclic) bond motifs is 1. The Morgan fingerprint density at radius 3 is 2.27 bits per heavy atom. The highest BCUT2D eigenvalue weighted by atomic mass is 16.1. The number of benzene rings is 1. The number of nitrogens with two attached hydrogens (primary N) is 1. The summed E-state index contributed by atoms with van der Waals surface area (Å²) in [7, 11) is 0. The van der Waals surface area contributed by atoms with Gasteiger partial charge in [0.05, 0.1) is 0 Å². The van der Waals surface area contributed by atoms with Crippen LogP contribution in [0.15, 0.2) is 24.3 Å². The molecule has 0 bridgehead atoms. The van der Waals surface area contributed by atoms with Gasteiger partial charge in [0.15, 0.2) is 0 Å². The minimum Gasteiger partial charge on any atom is -0.370 e. The Balaban J connectivity index is 0.000000172. The van der Waals surface area contributed by atoms with Crippen molar-refractivity contribution in [2.24, 2.45) is 11.7 Å². The molecule has 3 heteroatoms. The van der Waals surface area contributed by atoms with Gasteiger partial charge in [0.2, 0.25) is 5.91 Å². The third-order valence-electron chi connectivity index (χ3n) is 4.65. The van der Waals surface area contributed by atoms with Crippen LogP contribution in [0.4, 0.5) is 0 Å². The lowest BCUT2D eigenvalue weighted by molar-refractivity contribution is -0.118. The Morgan fingerprint density at radius 2 is 1.77 bits per heavy atom. The van der Waals surface area contributed by atoms with E-state index in [9.17, 15) is 4.79 Å². The molecule has 1 aliphatic heterocycles. The molecule has 1 aromatic rings. The first-order chi connectivity index (χ1) is 10.7. The molecule has 22 heavy (non-hydrogen) atoms. The van der Waals surface area contributed by atoms with Gasteiger partial charge < -0.3 is 10.6 Å². The summed E-state index contributed by atoms with van der Waals surface area (Å²) in [5.74, 6) is 0.257. The smallest absolute Gasteiger partial charge is 0.217 e. The molecule has 2 N–H and O–H groups in total. The Hall–Kier alpha value is -1.35. The number of carbonyl (C=O) groups excluding carboxylic acids is 1. The van der Waals surface area contributed by atoms with E-state index in [2.05, 4.69) is 24.0 Å². The minimum absolute atomic E-state index is 0.183. The van der Waals surface area contributed by atoms with E-state index >= 15 is 0 Å². The van der Waals surface area contributed by atoms with E-state index in [-0.39, 0.29) is 5.91 Å². The Bertz CT molecular complexity index is 441. The highest BCUT2D eigenvalue weighted by molar-refractivity contribution is 5.74. The first-order valence-corrected chi connectivity index (χ1v) is 8.76. The van der Waals surface area contributed by atoms with Crippen LogP contribution in [0.1, 0.15) is 50.2 Å². The zero-order chi connectivity index (χ0) is 15.8. The Kier molecular flexibility index (Phi) is 6.91. The van der Waals surface area contributed by atoms with Gasteiger partial charge in [-0.15, -0.1) is 0 Å². The lowest BCUT2D eigenvalue weighted by Crippen LogP contribution is -2.19. The number of rotatable bonds is 5. The molecule has 1 aliphatic carbocycles. The Morgan fingerprint density at radius 1 is 1.18 bits per heavy atom. The minimum atomic E-state index is -0.183. The van der Waals surface area contributed by atoms with E-state index in [1.807, 2.05) is 12.1 Å². The fraction of sp³-hybridized carbons (Fsp3) is 0.632. The maximum absolute atomic E-state index is 10.7. The summed E-state index contributed by atoms with van der Waals surface area (Å²) >= 11 is 0. The summed E-state index contributed by atoms with van der Waals surface area (Å²) in [5, 5.41) is 0. The predicted octanol–water partition coefficient (Wildman–Crippen LogP) is 3.16. The molecule has 1 saturated heterocycles. The SMILES string of the molecule is CCCCN1CCCC1.NC(=O)CC1Cc2ccccc2C1. The van der Waals surface area contributed by atoms with Gasteiger partial charge in [0, 0.05) is 6.42 Å². The summed E-state index contributed by atoms with van der Waals surface area (Å²) < 4.78 is 0. The molecule has 0 spiro atoms. The molecular weight excluding hydrogens is 272 g/mol. The number of hydrogen-bond donors (Lipinski definition) is 1. The van der Waals surface area contributed by atoms with Crippen molar-refractivity contribution >= 4 is 5.91 Å². The first kappa shape index (κ1) is 17.0. The van der Waals surface area contributed by atoms with Gasteiger partial charge in [-0.25, -0.2) is 0 Å². The van der Waals surface area contributed by atoms with Crippen LogP contribution in [0, 0.1) is 5.92 Å². The van der Waals surface area contributed by atoms with Crippen LogP contribution < -0.4 is 5.73 Å². The van der Waals surface area contributed by atoms with Crippen molar-refractivity contribution in [1.29, 1.82) is 0 Å². The molecule has 2 aliphatic rings. The van der Waals surface area contributed by atoms with Crippen molar-refractivity contribution in [3.63, 3.8) is 0 Å². The topological polar surface area (TPSA) is 46.3 Å². The summed E-state index contributed by atoms with van der Waals surface area (Å²) in [6, 6.07) is 8.36. The number of unbranched alkanes of at least 4 members (excludes halogenated alkanes) is 1. The molecule has 3 nitrogen and oxygen atoms in total. The summed E-state index contributed by atoms with van der Waals surface area (Å²) in [6.07, 6.45) is 8.15. The van der Waals surface area contributed by atoms with Crippen LogP contribution >= 0.6 is 0 Å². The lowest BCUT2D eigenvalue weighted by atomic mass is 10.0. The number of hydrogen-bond acceptors (Lipinski definition) is 2. The molecule has 1 aromatic carbocycles. The van der Waals surface area contributed by atoms with Gasteiger partial charge >= 0.3 is 0 Å². The monoisotopic (exact) mass is 302 g/mol. The molecule has 0 aromatic heterocycles. The van der Waals surface area contributed by atoms with Gasteiger partial charge in [0.25, 0.3) is 0 Å². The largest absolute Gasteiger partial charge is 0.370 e. The molecule has 1 fully saturated rings. The molecule has 0 saturated carbocycles. The molecule has 122 valence electrons. The van der Waals surface area contributed by atoms with E-state index in [0.717, 1.165) is 12.8 Å². The van der Waals surface area contributed by atoms with E-state index in [1.54, 1.807) is 0 Å². The quantitative estimate of drug-likeness (QED) is 0.908. The molecule has 1 amide bonds. The van der Waals surface area contributed by atoms with Crippen LogP contribution in [0.5, 0.6) is 0 Å². The molecule has 0 unspecified atom stereocenters. The standard InChI is InChI=1S/C11H13NO.C8H17N/c12-11(13)7-8-5-9-3-1-2-4-10(9)6-8;1-2-3-6-9-7-4-5-8-9/h1-4,8H,5-7H2,(H2,12,13);2-8H2,1H3. The Labute approximate surface area is 134 Å². The average molecular weight is 302 g/mol. The van der Waals surface area contributed by atoms with Crippen molar-refractivity contribution in [1.82, 2.24) is 4.90 Å². The predicted molar refractivity (Wildman–Crippen MR) is 91.7 cm³/mol. The summed E-state index contributed by atoms with van der Waals surface area (Å²) in [4.78, 5) is 13.3. The van der Waals surface area contributed by atoms with Crippen molar-refractivity contribution in [3.8, 4) is 0 Å². The molecule has 3 rings (SSSR count). The maximum atomic E-state index is 10.7.